The van der Waals surface area contributed by atoms with Crippen molar-refractivity contribution in [2.75, 3.05) is 6.54 Å². The smallest absolute Gasteiger partial charge is 0.233 e. The van der Waals surface area contributed by atoms with Crippen LogP contribution in [0.2, 0.25) is 5.02 Å². The number of likely N-dealkylation sites (N-methyl/N-ethyl adjacent to an activating group) is 1. The van der Waals surface area contributed by atoms with Gasteiger partial charge < -0.3 is 4.90 Å². The highest BCUT2D eigenvalue weighted by Gasteiger charge is 2.57. The van der Waals surface area contributed by atoms with Gasteiger partial charge in [-0.05, 0) is 93.7 Å². The van der Waals surface area contributed by atoms with E-state index in [0.717, 1.165) is 48.6 Å². The third-order valence-electron chi connectivity index (χ3n) is 8.15. The minimum absolute atomic E-state index is 0.162. The molecule has 140 valence electrons. The van der Waals surface area contributed by atoms with Crippen LogP contribution in [0.5, 0.6) is 0 Å². The molecule has 26 heavy (non-hydrogen) atoms. The first-order valence-electron chi connectivity index (χ1n) is 10.6. The van der Waals surface area contributed by atoms with Crippen LogP contribution in [-0.4, -0.2) is 22.9 Å². The summed E-state index contributed by atoms with van der Waals surface area (Å²) in [7, 11) is 0. The second-order valence-electron chi connectivity index (χ2n) is 9.63. The standard InChI is InChI=1S/C23H30ClNO/c1-2-25(22-13-16-10-17(14-22)12-18(11-16)15-22)21(26)23(8-3-9-23)19-4-6-20(24)7-5-19/h4-7,16-18H,2-3,8-15H2,1H3. The van der Waals surface area contributed by atoms with Crippen LogP contribution in [0.4, 0.5) is 0 Å². The Morgan fingerprint density at radius 3 is 2.00 bits per heavy atom. The zero-order valence-electron chi connectivity index (χ0n) is 15.8. The number of rotatable bonds is 4. The Hall–Kier alpha value is -1.02. The highest BCUT2D eigenvalue weighted by atomic mass is 35.5. The summed E-state index contributed by atoms with van der Waals surface area (Å²) in [4.78, 5) is 16.3. The van der Waals surface area contributed by atoms with Crippen LogP contribution in [-0.2, 0) is 10.2 Å². The quantitative estimate of drug-likeness (QED) is 0.676. The molecule has 0 heterocycles. The molecule has 0 aromatic heterocycles. The van der Waals surface area contributed by atoms with E-state index in [4.69, 9.17) is 11.6 Å². The van der Waals surface area contributed by atoms with Gasteiger partial charge >= 0.3 is 0 Å². The molecule has 0 atom stereocenters. The molecule has 2 nitrogen and oxygen atoms in total. The van der Waals surface area contributed by atoms with Crippen LogP contribution in [0.1, 0.15) is 70.3 Å². The van der Waals surface area contributed by atoms with E-state index in [9.17, 15) is 4.79 Å². The van der Waals surface area contributed by atoms with Gasteiger partial charge in [0, 0.05) is 17.1 Å². The van der Waals surface area contributed by atoms with Crippen molar-refractivity contribution >= 4 is 17.5 Å². The van der Waals surface area contributed by atoms with Crippen LogP contribution < -0.4 is 0 Å². The summed E-state index contributed by atoms with van der Waals surface area (Å²) >= 11 is 6.11. The van der Waals surface area contributed by atoms with Gasteiger partial charge in [-0.3, -0.25) is 4.79 Å². The molecule has 0 unspecified atom stereocenters. The third-order valence-corrected chi connectivity index (χ3v) is 8.41. The van der Waals surface area contributed by atoms with E-state index >= 15 is 0 Å². The highest BCUT2D eigenvalue weighted by molar-refractivity contribution is 6.30. The molecule has 6 rings (SSSR count). The van der Waals surface area contributed by atoms with Crippen LogP contribution in [0.3, 0.4) is 0 Å². The first-order valence-corrected chi connectivity index (χ1v) is 11.0. The molecule has 1 aromatic carbocycles. The Morgan fingerprint density at radius 2 is 1.58 bits per heavy atom. The highest BCUT2D eigenvalue weighted by Crippen LogP contribution is 2.59. The summed E-state index contributed by atoms with van der Waals surface area (Å²) in [6, 6.07) is 8.08. The first-order chi connectivity index (χ1) is 12.5. The fourth-order valence-corrected chi connectivity index (χ4v) is 7.40. The summed E-state index contributed by atoms with van der Waals surface area (Å²) in [5.41, 5.74) is 1.06. The lowest BCUT2D eigenvalue weighted by molar-refractivity contribution is -0.159. The summed E-state index contributed by atoms with van der Waals surface area (Å²) in [6.07, 6.45) is 11.2. The Labute approximate surface area is 162 Å². The topological polar surface area (TPSA) is 20.3 Å². The Kier molecular flexibility index (Phi) is 3.94. The van der Waals surface area contributed by atoms with E-state index in [1.165, 1.54) is 44.1 Å². The number of amides is 1. The number of hydrogen-bond donors (Lipinski definition) is 0. The molecule has 0 saturated heterocycles. The maximum absolute atomic E-state index is 14.0. The predicted octanol–water partition coefficient (Wildman–Crippen LogP) is 5.58. The van der Waals surface area contributed by atoms with Gasteiger partial charge in [0.1, 0.15) is 0 Å². The lowest BCUT2D eigenvalue weighted by atomic mass is 9.52. The molecule has 5 aliphatic carbocycles. The second kappa shape index (κ2) is 5.99. The number of nitrogens with zero attached hydrogens (tertiary/aromatic N) is 1. The zero-order valence-corrected chi connectivity index (χ0v) is 16.6. The van der Waals surface area contributed by atoms with Gasteiger partial charge in [-0.25, -0.2) is 0 Å². The summed E-state index contributed by atoms with van der Waals surface area (Å²) in [6.45, 7) is 3.06. The maximum atomic E-state index is 14.0. The molecule has 1 amide bonds. The average molecular weight is 372 g/mol. The van der Waals surface area contributed by atoms with Gasteiger partial charge in [0.15, 0.2) is 0 Å². The van der Waals surface area contributed by atoms with E-state index < -0.39 is 0 Å². The van der Waals surface area contributed by atoms with Crippen molar-refractivity contribution in [3.05, 3.63) is 34.9 Å². The van der Waals surface area contributed by atoms with Crippen molar-refractivity contribution in [2.24, 2.45) is 17.8 Å². The van der Waals surface area contributed by atoms with Crippen molar-refractivity contribution in [3.63, 3.8) is 0 Å². The van der Waals surface area contributed by atoms with Gasteiger partial charge in [-0.15, -0.1) is 0 Å². The fourth-order valence-electron chi connectivity index (χ4n) is 7.27. The summed E-state index contributed by atoms with van der Waals surface area (Å²) in [5, 5.41) is 0.754. The van der Waals surface area contributed by atoms with Crippen molar-refractivity contribution in [2.45, 2.75) is 75.7 Å². The molecule has 1 aromatic rings. The fraction of sp³-hybridized carbons (Fsp3) is 0.696. The number of carbonyl (C=O) groups is 1. The van der Waals surface area contributed by atoms with Gasteiger partial charge in [-0.1, -0.05) is 30.2 Å². The van der Waals surface area contributed by atoms with Gasteiger partial charge in [0.2, 0.25) is 5.91 Å². The second-order valence-corrected chi connectivity index (χ2v) is 10.1. The van der Waals surface area contributed by atoms with Crippen molar-refractivity contribution in [3.8, 4) is 0 Å². The van der Waals surface area contributed by atoms with E-state index in [1.807, 2.05) is 12.1 Å². The van der Waals surface area contributed by atoms with Crippen LogP contribution in [0.15, 0.2) is 24.3 Å². The molecule has 5 saturated carbocycles. The molecule has 4 bridgehead atoms. The summed E-state index contributed by atoms with van der Waals surface area (Å²) in [5.74, 6) is 3.03. The van der Waals surface area contributed by atoms with E-state index in [1.54, 1.807) is 0 Å². The number of halogens is 1. The molecular formula is C23H30ClNO. The van der Waals surface area contributed by atoms with E-state index in [0.29, 0.717) is 5.91 Å². The monoisotopic (exact) mass is 371 g/mol. The number of benzene rings is 1. The molecule has 0 spiro atoms. The minimum atomic E-state index is -0.288. The largest absolute Gasteiger partial charge is 0.336 e. The third kappa shape index (κ3) is 2.40. The summed E-state index contributed by atoms with van der Waals surface area (Å²) < 4.78 is 0. The minimum Gasteiger partial charge on any atom is -0.336 e. The Bertz CT molecular complexity index is 670. The first kappa shape index (κ1) is 17.1. The van der Waals surface area contributed by atoms with Crippen LogP contribution in [0.25, 0.3) is 0 Å². The number of carbonyl (C=O) groups excluding carboxylic acids is 1. The molecule has 0 radical (unpaired) electrons. The average Bonchev–Trinajstić information content (AvgIpc) is 2.54. The maximum Gasteiger partial charge on any atom is 0.233 e. The molecule has 0 N–H and O–H groups in total. The molecule has 0 aliphatic heterocycles. The zero-order chi connectivity index (χ0) is 17.9. The lowest BCUT2D eigenvalue weighted by Crippen LogP contribution is -2.65. The normalized spacial score (nSPS) is 36.6. The van der Waals surface area contributed by atoms with E-state index in [2.05, 4.69) is 24.0 Å². The lowest BCUT2D eigenvalue weighted by Gasteiger charge is -2.62. The molecule has 5 aliphatic rings. The van der Waals surface area contributed by atoms with Gasteiger partial charge in [-0.2, -0.15) is 0 Å². The van der Waals surface area contributed by atoms with Gasteiger partial charge in [0.05, 0.1) is 5.41 Å². The van der Waals surface area contributed by atoms with Crippen LogP contribution in [0, 0.1) is 17.8 Å². The molecule has 5 fully saturated rings. The molecular weight excluding hydrogens is 342 g/mol. The van der Waals surface area contributed by atoms with E-state index in [-0.39, 0.29) is 11.0 Å². The van der Waals surface area contributed by atoms with Crippen molar-refractivity contribution < 1.29 is 4.79 Å². The predicted molar refractivity (Wildman–Crippen MR) is 105 cm³/mol. The van der Waals surface area contributed by atoms with Gasteiger partial charge in [0.25, 0.3) is 0 Å². The van der Waals surface area contributed by atoms with Crippen LogP contribution >= 0.6 is 11.6 Å². The Morgan fingerprint density at radius 1 is 1.04 bits per heavy atom. The molecule has 3 heteroatoms. The SMILES string of the molecule is CCN(C(=O)C1(c2ccc(Cl)cc2)CCC1)C12CC3CC(CC(C3)C1)C2. The Balaban J connectivity index is 1.49. The number of hydrogen-bond acceptors (Lipinski definition) is 1. The van der Waals surface area contributed by atoms with Crippen molar-refractivity contribution in [1.82, 2.24) is 4.90 Å². The van der Waals surface area contributed by atoms with Crippen molar-refractivity contribution in [1.29, 1.82) is 0 Å².